The lowest BCUT2D eigenvalue weighted by Gasteiger charge is -2.37. The molecular weight excluding hydrogens is 380 g/mol. The molecule has 0 radical (unpaired) electrons. The van der Waals surface area contributed by atoms with Crippen molar-refractivity contribution >= 4 is 28.3 Å². The number of anilines is 2. The number of carbonyl (C=O) groups is 1. The number of aromatic amines is 1. The minimum Gasteiger partial charge on any atom is -0.383 e. The van der Waals surface area contributed by atoms with E-state index in [4.69, 9.17) is 9.72 Å². The van der Waals surface area contributed by atoms with Crippen LogP contribution in [-0.2, 0) is 9.53 Å². The Morgan fingerprint density at radius 3 is 2.97 bits per heavy atom. The number of hydrogen-bond acceptors (Lipinski definition) is 6. The molecule has 2 aliphatic rings. The van der Waals surface area contributed by atoms with Gasteiger partial charge in [-0.05, 0) is 25.0 Å². The van der Waals surface area contributed by atoms with E-state index in [0.29, 0.717) is 25.0 Å². The Balaban J connectivity index is 1.49. The van der Waals surface area contributed by atoms with Gasteiger partial charge in [0, 0.05) is 55.4 Å². The molecule has 0 atom stereocenters. The maximum absolute atomic E-state index is 12.4. The molecule has 8 nitrogen and oxygen atoms in total. The third kappa shape index (κ3) is 3.70. The van der Waals surface area contributed by atoms with Gasteiger partial charge in [-0.3, -0.25) is 4.79 Å². The highest BCUT2D eigenvalue weighted by Crippen LogP contribution is 2.34. The molecule has 156 valence electrons. The monoisotopic (exact) mass is 406 g/mol. The van der Waals surface area contributed by atoms with Crippen molar-refractivity contribution in [1.29, 1.82) is 0 Å². The first-order chi connectivity index (χ1) is 14.7. The van der Waals surface area contributed by atoms with Crippen LogP contribution in [0.4, 0.5) is 11.5 Å². The summed E-state index contributed by atoms with van der Waals surface area (Å²) in [5.74, 6) is 1.61. The Morgan fingerprint density at radius 1 is 1.27 bits per heavy atom. The molecule has 1 saturated carbocycles. The number of hydrogen-bond donors (Lipinski definition) is 2. The van der Waals surface area contributed by atoms with Gasteiger partial charge in [0.2, 0.25) is 5.91 Å². The molecule has 1 fully saturated rings. The summed E-state index contributed by atoms with van der Waals surface area (Å²) in [4.78, 5) is 29.6. The molecule has 5 rings (SSSR count). The fraction of sp³-hybridized carbons (Fsp3) is 0.409. The summed E-state index contributed by atoms with van der Waals surface area (Å²) in [7, 11) is 1.71. The van der Waals surface area contributed by atoms with Crippen molar-refractivity contribution in [3.63, 3.8) is 0 Å². The highest BCUT2D eigenvalue weighted by atomic mass is 16.5. The summed E-state index contributed by atoms with van der Waals surface area (Å²) in [6, 6.07) is 8.50. The molecule has 1 aliphatic heterocycles. The van der Waals surface area contributed by atoms with E-state index in [1.165, 1.54) is 0 Å². The van der Waals surface area contributed by atoms with Crippen molar-refractivity contribution in [2.75, 3.05) is 49.7 Å². The number of nitrogens with one attached hydrogen (secondary N) is 2. The Kier molecular flexibility index (Phi) is 5.00. The summed E-state index contributed by atoms with van der Waals surface area (Å²) in [6.07, 6.45) is 5.96. The molecule has 1 amide bonds. The second-order valence-electron chi connectivity index (χ2n) is 7.89. The number of nitrogens with zero attached hydrogens (tertiary/aromatic N) is 4. The average Bonchev–Trinajstić information content (AvgIpc) is 3.44. The fourth-order valence-electron chi connectivity index (χ4n) is 3.96. The number of ether oxygens (including phenoxy) is 1. The predicted octanol–water partition coefficient (Wildman–Crippen LogP) is 2.18. The first-order valence-corrected chi connectivity index (χ1v) is 10.4. The fourth-order valence-corrected chi connectivity index (χ4v) is 3.96. The van der Waals surface area contributed by atoms with Gasteiger partial charge < -0.3 is 24.8 Å². The van der Waals surface area contributed by atoms with Crippen LogP contribution < -0.4 is 15.1 Å². The second kappa shape index (κ2) is 7.95. The molecule has 2 aromatic heterocycles. The van der Waals surface area contributed by atoms with Crippen molar-refractivity contribution in [3.8, 4) is 11.4 Å². The molecule has 0 spiro atoms. The van der Waals surface area contributed by atoms with E-state index in [1.807, 2.05) is 36.7 Å². The van der Waals surface area contributed by atoms with Gasteiger partial charge in [-0.1, -0.05) is 12.1 Å². The van der Waals surface area contributed by atoms with E-state index in [2.05, 4.69) is 25.1 Å². The maximum atomic E-state index is 12.4. The average molecular weight is 406 g/mol. The lowest BCUT2D eigenvalue weighted by atomic mass is 10.1. The van der Waals surface area contributed by atoms with Crippen LogP contribution in [0.5, 0.6) is 0 Å². The number of H-pyrrole nitrogens is 1. The topological polar surface area (TPSA) is 86.4 Å². The number of amides is 1. The van der Waals surface area contributed by atoms with Crippen LogP contribution in [0.3, 0.4) is 0 Å². The standard InChI is InChI=1S/C22H26N6O2/c1-30-12-11-27-9-10-28(14-20(29)25-15-5-6-15)19-13-24-21(26-22(19)27)17-3-2-4-18-16(17)7-8-23-18/h2-4,7-8,13,15,23H,5-6,9-12,14H2,1H3,(H,25,29). The molecule has 1 aromatic carbocycles. The van der Waals surface area contributed by atoms with Crippen LogP contribution in [0.2, 0.25) is 0 Å². The largest absolute Gasteiger partial charge is 0.383 e. The lowest BCUT2D eigenvalue weighted by Crippen LogP contribution is -2.47. The van der Waals surface area contributed by atoms with Gasteiger partial charge >= 0.3 is 0 Å². The summed E-state index contributed by atoms with van der Waals surface area (Å²) < 4.78 is 5.30. The second-order valence-corrected chi connectivity index (χ2v) is 7.89. The van der Waals surface area contributed by atoms with Crippen LogP contribution in [0, 0.1) is 0 Å². The van der Waals surface area contributed by atoms with Gasteiger partial charge in [0.25, 0.3) is 0 Å². The number of benzene rings is 1. The van der Waals surface area contributed by atoms with Crippen molar-refractivity contribution in [2.45, 2.75) is 18.9 Å². The Bertz CT molecular complexity index is 1060. The highest BCUT2D eigenvalue weighted by Gasteiger charge is 2.29. The quantitative estimate of drug-likeness (QED) is 0.626. The smallest absolute Gasteiger partial charge is 0.239 e. The molecule has 30 heavy (non-hydrogen) atoms. The van der Waals surface area contributed by atoms with E-state index in [0.717, 1.165) is 60.4 Å². The minimum absolute atomic E-state index is 0.0648. The lowest BCUT2D eigenvalue weighted by molar-refractivity contribution is -0.119. The molecule has 0 bridgehead atoms. The van der Waals surface area contributed by atoms with E-state index >= 15 is 0 Å². The van der Waals surface area contributed by atoms with Crippen LogP contribution >= 0.6 is 0 Å². The summed E-state index contributed by atoms with van der Waals surface area (Å²) in [6.45, 7) is 3.24. The van der Waals surface area contributed by atoms with Gasteiger partial charge in [0.15, 0.2) is 11.6 Å². The molecule has 1 aliphatic carbocycles. The molecule has 0 unspecified atom stereocenters. The van der Waals surface area contributed by atoms with E-state index in [-0.39, 0.29) is 5.91 Å². The zero-order chi connectivity index (χ0) is 20.5. The van der Waals surface area contributed by atoms with Crippen LogP contribution in [0.15, 0.2) is 36.7 Å². The minimum atomic E-state index is 0.0648. The molecule has 8 heteroatoms. The molecular formula is C22H26N6O2. The first-order valence-electron chi connectivity index (χ1n) is 10.4. The van der Waals surface area contributed by atoms with Gasteiger partial charge in [0.05, 0.1) is 25.0 Å². The van der Waals surface area contributed by atoms with E-state index in [9.17, 15) is 4.79 Å². The summed E-state index contributed by atoms with van der Waals surface area (Å²) >= 11 is 0. The number of fused-ring (bicyclic) bond motifs is 2. The predicted molar refractivity (Wildman–Crippen MR) is 117 cm³/mol. The first kappa shape index (κ1) is 18.9. The van der Waals surface area contributed by atoms with Crippen molar-refractivity contribution in [1.82, 2.24) is 20.3 Å². The Labute approximate surface area is 175 Å². The SMILES string of the molecule is COCCN1CCN(CC(=O)NC2CC2)c2cnc(-c3cccc4[nH]ccc34)nc21. The zero-order valence-electron chi connectivity index (χ0n) is 17.1. The Hall–Kier alpha value is -3.13. The summed E-state index contributed by atoms with van der Waals surface area (Å²) in [5, 5.41) is 4.17. The number of rotatable bonds is 7. The Morgan fingerprint density at radius 2 is 2.13 bits per heavy atom. The van der Waals surface area contributed by atoms with Gasteiger partial charge in [-0.2, -0.15) is 0 Å². The van der Waals surface area contributed by atoms with Gasteiger partial charge in [0.1, 0.15) is 0 Å². The maximum Gasteiger partial charge on any atom is 0.239 e. The highest BCUT2D eigenvalue weighted by molar-refractivity contribution is 5.94. The third-order valence-electron chi connectivity index (χ3n) is 5.71. The zero-order valence-corrected chi connectivity index (χ0v) is 17.1. The van der Waals surface area contributed by atoms with Gasteiger partial charge in [-0.25, -0.2) is 9.97 Å². The van der Waals surface area contributed by atoms with Crippen molar-refractivity contribution < 1.29 is 9.53 Å². The summed E-state index contributed by atoms with van der Waals surface area (Å²) in [5.41, 5.74) is 2.95. The number of methoxy groups -OCH3 is 1. The van der Waals surface area contributed by atoms with Crippen molar-refractivity contribution in [3.05, 3.63) is 36.7 Å². The van der Waals surface area contributed by atoms with Crippen molar-refractivity contribution in [2.24, 2.45) is 0 Å². The van der Waals surface area contributed by atoms with Crippen LogP contribution in [0.1, 0.15) is 12.8 Å². The van der Waals surface area contributed by atoms with Crippen LogP contribution in [-0.4, -0.2) is 66.8 Å². The molecule has 3 heterocycles. The normalized spacial score (nSPS) is 16.0. The van der Waals surface area contributed by atoms with Gasteiger partial charge in [-0.15, -0.1) is 0 Å². The molecule has 3 aromatic rings. The van der Waals surface area contributed by atoms with E-state index < -0.39 is 0 Å². The third-order valence-corrected chi connectivity index (χ3v) is 5.71. The number of carbonyl (C=O) groups excluding carboxylic acids is 1. The number of aromatic nitrogens is 3. The van der Waals surface area contributed by atoms with E-state index in [1.54, 1.807) is 7.11 Å². The van der Waals surface area contributed by atoms with Crippen LogP contribution in [0.25, 0.3) is 22.3 Å². The molecule has 2 N–H and O–H groups in total. The molecule has 0 saturated heterocycles.